The normalized spacial score (nSPS) is 18.3. The minimum atomic E-state index is -0.156. The summed E-state index contributed by atoms with van der Waals surface area (Å²) in [6.45, 7) is 27.2. The van der Waals surface area contributed by atoms with Crippen LogP contribution >= 0.6 is 0 Å². The van der Waals surface area contributed by atoms with Gasteiger partial charge in [0.05, 0.1) is 11.4 Å². The number of ether oxygens (including phenoxy) is 1. The summed E-state index contributed by atoms with van der Waals surface area (Å²) in [6, 6.07) is 47.2. The molecule has 10 rings (SSSR count). The van der Waals surface area contributed by atoms with Gasteiger partial charge in [-0.15, -0.1) is 45.4 Å². The largest absolute Gasteiger partial charge is 0.509 e. The van der Waals surface area contributed by atoms with E-state index in [9.17, 15) is 0 Å². The van der Waals surface area contributed by atoms with Crippen molar-refractivity contribution >= 4 is 44.6 Å². The smallest absolute Gasteiger partial charge is 0.238 e. The Bertz CT molecular complexity index is 3030. The van der Waals surface area contributed by atoms with E-state index in [2.05, 4.69) is 212 Å². The molecule has 1 saturated heterocycles. The summed E-state index contributed by atoms with van der Waals surface area (Å²) in [4.78, 5) is 0. The zero-order valence-electron chi connectivity index (χ0n) is 37.0. The Labute approximate surface area is 374 Å². The van der Waals surface area contributed by atoms with E-state index in [1.54, 1.807) is 6.33 Å². The maximum absolute atomic E-state index is 6.94. The summed E-state index contributed by atoms with van der Waals surface area (Å²) in [5.41, 5.74) is 13.8. The van der Waals surface area contributed by atoms with Gasteiger partial charge in [0.15, 0.2) is 12.4 Å². The van der Waals surface area contributed by atoms with Gasteiger partial charge in [0, 0.05) is 62.3 Å². The van der Waals surface area contributed by atoms with Crippen molar-refractivity contribution in [3.8, 4) is 23.1 Å². The quantitative estimate of drug-likeness (QED) is 0.0947. The molecule has 2 aromatic heterocycles. The first-order valence-corrected chi connectivity index (χ1v) is 21.0. The van der Waals surface area contributed by atoms with Crippen LogP contribution in [0.2, 0.25) is 0 Å². The average molecular weight is 985 g/mol. The van der Waals surface area contributed by atoms with Crippen LogP contribution in [0.4, 0.5) is 22.7 Å². The van der Waals surface area contributed by atoms with Gasteiger partial charge < -0.3 is 9.30 Å². The fourth-order valence-electron chi connectivity index (χ4n) is 9.31. The number of rotatable bonds is 6. The van der Waals surface area contributed by atoms with Crippen LogP contribution < -0.4 is 13.9 Å². The van der Waals surface area contributed by atoms with Crippen LogP contribution in [0, 0.1) is 32.6 Å². The summed E-state index contributed by atoms with van der Waals surface area (Å²) in [7, 11) is 0. The van der Waals surface area contributed by atoms with Crippen LogP contribution in [0.15, 0.2) is 116 Å². The molecule has 2 atom stereocenters. The van der Waals surface area contributed by atoms with Crippen molar-refractivity contribution in [2.75, 3.05) is 0 Å². The van der Waals surface area contributed by atoms with Gasteiger partial charge in [0.2, 0.25) is 17.3 Å². The molecule has 2 aliphatic rings. The third-order valence-corrected chi connectivity index (χ3v) is 12.7. The SMILES string of the molecule is Cc1cccc(C)c1-n1cnnc1-n1c2[c-]c(Oc3[c-]c([N+]45[CH-][N@+]4(c4cccc(C(C)(C)C)c4)c4ccc(C(C)(C)C)cc45)cc(C(C)(C)C)c3)ccc2c2ccccc21.[Pt]. The predicted molar refractivity (Wildman–Crippen MR) is 246 cm³/mol. The number of para-hydroxylation sites is 2. The van der Waals surface area contributed by atoms with Crippen LogP contribution in [-0.4, -0.2) is 19.3 Å². The second-order valence-corrected chi connectivity index (χ2v) is 19.9. The zero-order chi connectivity index (χ0) is 42.1. The zero-order valence-corrected chi connectivity index (χ0v) is 39.2. The van der Waals surface area contributed by atoms with Crippen molar-refractivity contribution in [1.82, 2.24) is 28.5 Å². The number of aryl methyl sites for hydroxylation is 2. The minimum absolute atomic E-state index is 0. The van der Waals surface area contributed by atoms with Crippen LogP contribution in [0.1, 0.15) is 90.1 Å². The molecule has 0 radical (unpaired) electrons. The van der Waals surface area contributed by atoms with Crippen molar-refractivity contribution in [2.45, 2.75) is 92.4 Å². The maximum Gasteiger partial charge on any atom is 0.238 e. The van der Waals surface area contributed by atoms with Gasteiger partial charge in [0.25, 0.3) is 0 Å². The molecule has 8 heteroatoms. The number of nitrogens with zero attached hydrogens (tertiary/aromatic N) is 6. The van der Waals surface area contributed by atoms with Crippen molar-refractivity contribution < 1.29 is 25.8 Å². The monoisotopic (exact) mass is 984 g/mol. The molecule has 4 heterocycles. The van der Waals surface area contributed by atoms with Crippen LogP contribution in [0.25, 0.3) is 33.4 Å². The molecule has 0 saturated carbocycles. The van der Waals surface area contributed by atoms with E-state index < -0.39 is 0 Å². The maximum atomic E-state index is 6.94. The molecule has 7 nitrogen and oxygen atoms in total. The summed E-state index contributed by atoms with van der Waals surface area (Å²) < 4.78 is 12.3. The van der Waals surface area contributed by atoms with Gasteiger partial charge in [-0.25, -0.2) is 4.59 Å². The number of aromatic nitrogens is 4. The van der Waals surface area contributed by atoms with Crippen LogP contribution in [-0.2, 0) is 37.3 Å². The summed E-state index contributed by atoms with van der Waals surface area (Å²) in [6.07, 6.45) is 1.80. The van der Waals surface area contributed by atoms with Gasteiger partial charge in [0.1, 0.15) is 6.33 Å². The van der Waals surface area contributed by atoms with Gasteiger partial charge in [-0.05, 0) is 63.8 Å². The average Bonchev–Trinajstić information content (AvgIpc) is 3.38. The second-order valence-electron chi connectivity index (χ2n) is 19.9. The van der Waals surface area contributed by atoms with Gasteiger partial charge >= 0.3 is 0 Å². The van der Waals surface area contributed by atoms with Crippen molar-refractivity contribution in [2.24, 2.45) is 0 Å². The summed E-state index contributed by atoms with van der Waals surface area (Å²) >= 11 is 0. The van der Waals surface area contributed by atoms with E-state index in [0.717, 1.165) is 44.3 Å². The van der Waals surface area contributed by atoms with E-state index in [1.165, 1.54) is 33.8 Å². The van der Waals surface area contributed by atoms with Gasteiger partial charge in [-0.2, -0.15) is 10.7 Å². The Kier molecular flexibility index (Phi) is 9.31. The number of hydrogen-bond donors (Lipinski definition) is 0. The molecular formula is C53H53N6OPt-. The second kappa shape index (κ2) is 13.8. The Morgan fingerprint density at radius 1 is 0.607 bits per heavy atom. The first-order chi connectivity index (χ1) is 28.4. The van der Waals surface area contributed by atoms with Gasteiger partial charge in [-0.1, -0.05) is 128 Å². The molecular weight excluding hydrogens is 932 g/mol. The number of fused-ring (bicyclic) bond motifs is 7. The molecule has 0 aliphatic carbocycles. The fraction of sp³-hybridized carbons (Fsp3) is 0.264. The number of quaternary nitrogens is 2. The molecule has 0 bridgehead atoms. The van der Waals surface area contributed by atoms with E-state index >= 15 is 0 Å². The van der Waals surface area contributed by atoms with Crippen molar-refractivity contribution in [3.63, 3.8) is 0 Å². The number of hydrogen-bond acceptors (Lipinski definition) is 3. The van der Waals surface area contributed by atoms with E-state index in [4.69, 9.17) is 9.84 Å². The number of benzene rings is 6. The summed E-state index contributed by atoms with van der Waals surface area (Å²) in [5, 5.41) is 11.3. The Morgan fingerprint density at radius 2 is 1.30 bits per heavy atom. The first-order valence-electron chi connectivity index (χ1n) is 21.0. The van der Waals surface area contributed by atoms with E-state index in [-0.39, 0.29) is 37.3 Å². The predicted octanol–water partition coefficient (Wildman–Crippen LogP) is 13.6. The summed E-state index contributed by atoms with van der Waals surface area (Å²) in [5.74, 6) is 1.95. The molecule has 0 N–H and O–H groups in total. The molecule has 312 valence electrons. The van der Waals surface area contributed by atoms with Crippen molar-refractivity contribution in [1.29, 1.82) is 0 Å². The van der Waals surface area contributed by atoms with Crippen molar-refractivity contribution in [3.05, 3.63) is 162 Å². The molecule has 2 aliphatic heterocycles. The fourth-order valence-corrected chi connectivity index (χ4v) is 9.31. The van der Waals surface area contributed by atoms with Crippen LogP contribution in [0.5, 0.6) is 11.5 Å². The third kappa shape index (κ3) is 6.18. The Hall–Kier alpha value is -5.33. The molecule has 0 amide bonds. The molecule has 61 heavy (non-hydrogen) atoms. The molecule has 1 fully saturated rings. The molecule has 8 aromatic rings. The molecule has 0 spiro atoms. The van der Waals surface area contributed by atoms with Crippen LogP contribution in [0.3, 0.4) is 0 Å². The Balaban J connectivity index is 0.00000476. The van der Waals surface area contributed by atoms with Gasteiger partial charge in [-0.3, -0.25) is 4.57 Å². The molecule has 1 unspecified atom stereocenters. The van der Waals surface area contributed by atoms with E-state index in [0.29, 0.717) is 26.6 Å². The topological polar surface area (TPSA) is 44.9 Å². The minimum Gasteiger partial charge on any atom is -0.509 e. The first kappa shape index (κ1) is 41.0. The van der Waals surface area contributed by atoms with E-state index in [1.807, 2.05) is 6.07 Å². The Morgan fingerprint density at radius 3 is 2.02 bits per heavy atom. The third-order valence-electron chi connectivity index (χ3n) is 12.7. The molecule has 6 aromatic carbocycles. The standard InChI is InChI=1S/C53H53N6O.Pt/c1-34-16-14-17-35(2)49(34)56-32-54-55-50(56)57-45-21-13-12-20-43(45)44-24-23-41(31-46(44)57)60-42-28-38(53(9,10)11)27-40(30-42)59-33-58(59,39-19-15-18-36(26-39)51(3,4)5)47-25-22-37(29-48(47)59)52(6,7)8;/h12-29,32-33H,1-11H3;/q-1;/t58-,59?;/m0./s1.